The van der Waals surface area contributed by atoms with Gasteiger partial charge < -0.3 is 10.1 Å². The molecule has 4 nitrogen and oxygen atoms in total. The van der Waals surface area contributed by atoms with E-state index in [0.29, 0.717) is 6.54 Å². The van der Waals surface area contributed by atoms with Crippen molar-refractivity contribution in [2.45, 2.75) is 26.3 Å². The van der Waals surface area contributed by atoms with E-state index < -0.39 is 0 Å². The number of aromatic nitrogens is 1. The summed E-state index contributed by atoms with van der Waals surface area (Å²) in [6, 6.07) is 9.83. The second kappa shape index (κ2) is 5.62. The quantitative estimate of drug-likeness (QED) is 0.908. The van der Waals surface area contributed by atoms with Crippen molar-refractivity contribution >= 4 is 10.9 Å². The second-order valence-corrected chi connectivity index (χ2v) is 6.49. The zero-order chi connectivity index (χ0) is 14.9. The van der Waals surface area contributed by atoms with Crippen LogP contribution >= 0.6 is 0 Å². The molecule has 1 fully saturated rings. The smallest absolute Gasteiger partial charge is 0.252 e. The van der Waals surface area contributed by atoms with Crippen LogP contribution in [-0.2, 0) is 6.54 Å². The molecule has 0 radical (unpaired) electrons. The van der Waals surface area contributed by atoms with Gasteiger partial charge in [-0.15, -0.1) is 0 Å². The Morgan fingerprint density at radius 1 is 1.38 bits per heavy atom. The molecule has 0 aliphatic carbocycles. The number of pyridine rings is 1. The number of hydrogen-bond acceptors (Lipinski definition) is 3. The zero-order valence-corrected chi connectivity index (χ0v) is 12.4. The number of rotatable bonds is 3. The number of para-hydroxylation sites is 1. The van der Waals surface area contributed by atoms with Gasteiger partial charge in [0.2, 0.25) is 0 Å². The fourth-order valence-corrected chi connectivity index (χ4v) is 3.24. The number of fused-ring (bicyclic) bond motifs is 1. The number of aromatic amines is 1. The molecule has 1 aliphatic rings. The first-order valence-electron chi connectivity index (χ1n) is 7.54. The van der Waals surface area contributed by atoms with E-state index in [-0.39, 0.29) is 17.6 Å². The molecular formula is C17H22N2O2. The monoisotopic (exact) mass is 286 g/mol. The van der Waals surface area contributed by atoms with E-state index in [1.807, 2.05) is 30.3 Å². The summed E-state index contributed by atoms with van der Waals surface area (Å²) in [7, 11) is 0. The van der Waals surface area contributed by atoms with Crippen LogP contribution in [0.2, 0.25) is 0 Å². The molecule has 112 valence electrons. The van der Waals surface area contributed by atoms with E-state index in [0.717, 1.165) is 42.4 Å². The maximum Gasteiger partial charge on any atom is 0.252 e. The lowest BCUT2D eigenvalue weighted by Gasteiger charge is -2.39. The van der Waals surface area contributed by atoms with Crippen LogP contribution in [0.4, 0.5) is 0 Å². The first kappa shape index (κ1) is 14.3. The zero-order valence-electron chi connectivity index (χ0n) is 12.4. The average molecular weight is 286 g/mol. The topological polar surface area (TPSA) is 56.3 Å². The van der Waals surface area contributed by atoms with Crippen molar-refractivity contribution in [3.63, 3.8) is 0 Å². The Labute approximate surface area is 124 Å². The van der Waals surface area contributed by atoms with Crippen LogP contribution in [0.1, 0.15) is 25.3 Å². The van der Waals surface area contributed by atoms with Gasteiger partial charge in [0.15, 0.2) is 0 Å². The van der Waals surface area contributed by atoms with Crippen molar-refractivity contribution in [3.8, 4) is 0 Å². The normalized spacial score (nSPS) is 23.5. The van der Waals surface area contributed by atoms with Gasteiger partial charge >= 0.3 is 0 Å². The number of hydrogen-bond donors (Lipinski definition) is 2. The van der Waals surface area contributed by atoms with Crippen LogP contribution in [-0.4, -0.2) is 34.7 Å². The van der Waals surface area contributed by atoms with E-state index >= 15 is 0 Å². The van der Waals surface area contributed by atoms with Crippen LogP contribution in [0.25, 0.3) is 10.9 Å². The molecule has 21 heavy (non-hydrogen) atoms. The van der Waals surface area contributed by atoms with Crippen LogP contribution in [0.5, 0.6) is 0 Å². The van der Waals surface area contributed by atoms with Crippen molar-refractivity contribution in [2.24, 2.45) is 5.41 Å². The van der Waals surface area contributed by atoms with Crippen molar-refractivity contribution in [1.29, 1.82) is 0 Å². The Hall–Kier alpha value is -1.65. The highest BCUT2D eigenvalue weighted by Gasteiger charge is 2.30. The molecule has 2 aromatic rings. The molecule has 3 rings (SSSR count). The van der Waals surface area contributed by atoms with Gasteiger partial charge in [-0.25, -0.2) is 0 Å². The van der Waals surface area contributed by atoms with Gasteiger partial charge in [-0.3, -0.25) is 9.69 Å². The maximum atomic E-state index is 12.2. The summed E-state index contributed by atoms with van der Waals surface area (Å²) < 4.78 is 0. The predicted molar refractivity (Wildman–Crippen MR) is 84.3 cm³/mol. The molecule has 1 aromatic heterocycles. The van der Waals surface area contributed by atoms with Crippen LogP contribution in [0.15, 0.2) is 35.1 Å². The highest BCUT2D eigenvalue weighted by Crippen LogP contribution is 2.29. The molecule has 0 spiro atoms. The van der Waals surface area contributed by atoms with Gasteiger partial charge in [0.25, 0.3) is 5.56 Å². The van der Waals surface area contributed by atoms with Crippen molar-refractivity contribution < 1.29 is 5.11 Å². The molecule has 4 heteroatoms. The summed E-state index contributed by atoms with van der Waals surface area (Å²) >= 11 is 0. The average Bonchev–Trinajstić information content (AvgIpc) is 2.48. The molecule has 2 heterocycles. The third-order valence-electron chi connectivity index (χ3n) is 4.47. The molecule has 1 atom stereocenters. The number of nitrogens with one attached hydrogen (secondary N) is 1. The fraction of sp³-hybridized carbons (Fsp3) is 0.471. The summed E-state index contributed by atoms with van der Waals surface area (Å²) in [5.41, 5.74) is 1.63. The third kappa shape index (κ3) is 3.01. The molecule has 0 saturated carbocycles. The van der Waals surface area contributed by atoms with Gasteiger partial charge in [-0.2, -0.15) is 0 Å². The van der Waals surface area contributed by atoms with Crippen LogP contribution in [0.3, 0.4) is 0 Å². The molecule has 1 saturated heterocycles. The van der Waals surface area contributed by atoms with E-state index in [4.69, 9.17) is 0 Å². The number of H-pyrrole nitrogens is 1. The first-order valence-corrected chi connectivity index (χ1v) is 7.54. The van der Waals surface area contributed by atoms with E-state index in [1.54, 1.807) is 0 Å². The number of benzene rings is 1. The molecule has 0 bridgehead atoms. The first-order chi connectivity index (χ1) is 10.1. The molecule has 1 unspecified atom stereocenters. The standard InChI is InChI=1S/C17H22N2O2/c1-17(12-20)7-4-8-19(11-17)10-14-9-13-5-2-3-6-15(13)18-16(14)21/h2-3,5-6,9,20H,4,7-8,10-12H2,1H3,(H,18,21). The summed E-state index contributed by atoms with van der Waals surface area (Å²) in [6.45, 7) is 4.80. The van der Waals surface area contributed by atoms with Crippen molar-refractivity contribution in [1.82, 2.24) is 9.88 Å². The van der Waals surface area contributed by atoms with Gasteiger partial charge in [-0.1, -0.05) is 25.1 Å². The molecular weight excluding hydrogens is 264 g/mol. The number of piperidine rings is 1. The highest BCUT2D eigenvalue weighted by atomic mass is 16.3. The van der Waals surface area contributed by atoms with Gasteiger partial charge in [0.05, 0.1) is 0 Å². The predicted octanol–water partition coefficient (Wildman–Crippen LogP) is 2.12. The third-order valence-corrected chi connectivity index (χ3v) is 4.47. The fourth-order valence-electron chi connectivity index (χ4n) is 3.24. The largest absolute Gasteiger partial charge is 0.396 e. The number of likely N-dealkylation sites (tertiary alicyclic amines) is 1. The summed E-state index contributed by atoms with van der Waals surface area (Å²) in [4.78, 5) is 17.4. The Morgan fingerprint density at radius 3 is 3.00 bits per heavy atom. The second-order valence-electron chi connectivity index (χ2n) is 6.49. The van der Waals surface area contributed by atoms with Gasteiger partial charge in [0, 0.05) is 36.2 Å². The Kier molecular flexibility index (Phi) is 3.83. The SMILES string of the molecule is CC1(CO)CCCN(Cc2cc3ccccc3[nH]c2=O)C1. The lowest BCUT2D eigenvalue weighted by molar-refractivity contribution is 0.0428. The minimum absolute atomic E-state index is 0.00928. The van der Waals surface area contributed by atoms with E-state index in [2.05, 4.69) is 16.8 Å². The number of nitrogens with zero attached hydrogens (tertiary/aromatic N) is 1. The van der Waals surface area contributed by atoms with E-state index in [1.165, 1.54) is 0 Å². The molecule has 0 amide bonds. The summed E-state index contributed by atoms with van der Waals surface area (Å²) in [6.07, 6.45) is 2.12. The van der Waals surface area contributed by atoms with Gasteiger partial charge in [0.1, 0.15) is 0 Å². The Balaban J connectivity index is 1.84. The lowest BCUT2D eigenvalue weighted by atomic mass is 9.82. The minimum atomic E-state index is -0.0398. The number of aliphatic hydroxyl groups is 1. The minimum Gasteiger partial charge on any atom is -0.396 e. The molecule has 1 aromatic carbocycles. The Morgan fingerprint density at radius 2 is 2.19 bits per heavy atom. The number of aliphatic hydroxyl groups excluding tert-OH is 1. The van der Waals surface area contributed by atoms with Crippen molar-refractivity contribution in [3.05, 3.63) is 46.2 Å². The molecule has 1 aliphatic heterocycles. The van der Waals surface area contributed by atoms with Crippen molar-refractivity contribution in [2.75, 3.05) is 19.7 Å². The Bertz CT molecular complexity index is 694. The van der Waals surface area contributed by atoms with Crippen LogP contribution < -0.4 is 5.56 Å². The van der Waals surface area contributed by atoms with E-state index in [9.17, 15) is 9.90 Å². The summed E-state index contributed by atoms with van der Waals surface area (Å²) in [5, 5.41) is 10.6. The summed E-state index contributed by atoms with van der Waals surface area (Å²) in [5.74, 6) is 0. The molecule has 2 N–H and O–H groups in total. The highest BCUT2D eigenvalue weighted by molar-refractivity contribution is 5.78. The van der Waals surface area contributed by atoms with Gasteiger partial charge in [-0.05, 0) is 36.9 Å². The van der Waals surface area contributed by atoms with Crippen LogP contribution in [0, 0.1) is 5.41 Å². The maximum absolute atomic E-state index is 12.2. The lowest BCUT2D eigenvalue weighted by Crippen LogP contribution is -2.43.